The average Bonchev–Trinajstić information content (AvgIpc) is 3.10. The first-order chi connectivity index (χ1) is 13.2. The summed E-state index contributed by atoms with van der Waals surface area (Å²) >= 11 is 6.11. The smallest absolute Gasteiger partial charge is 0.323 e. The van der Waals surface area contributed by atoms with E-state index in [1.165, 1.54) is 7.11 Å². The second kappa shape index (κ2) is 7.25. The van der Waals surface area contributed by atoms with Gasteiger partial charge >= 0.3 is 5.97 Å². The summed E-state index contributed by atoms with van der Waals surface area (Å²) in [5, 5.41) is 4.57. The van der Waals surface area contributed by atoms with E-state index in [9.17, 15) is 4.79 Å². The van der Waals surface area contributed by atoms with E-state index in [1.807, 2.05) is 30.3 Å². The van der Waals surface area contributed by atoms with Gasteiger partial charge < -0.3 is 14.5 Å². The largest absolute Gasteiger partial charge is 0.496 e. The van der Waals surface area contributed by atoms with Crippen molar-refractivity contribution in [3.05, 3.63) is 64.8 Å². The minimum absolute atomic E-state index is 0.168. The normalized spacial score (nSPS) is 18.9. The second-order valence-electron chi connectivity index (χ2n) is 6.65. The van der Waals surface area contributed by atoms with Crippen LogP contribution in [0.4, 0.5) is 0 Å². The van der Waals surface area contributed by atoms with Crippen molar-refractivity contribution in [2.75, 3.05) is 14.2 Å². The molecule has 140 valence electrons. The van der Waals surface area contributed by atoms with Crippen molar-refractivity contribution >= 4 is 28.5 Å². The molecule has 1 aliphatic rings. The zero-order chi connectivity index (χ0) is 19.0. The molecule has 0 spiro atoms. The third kappa shape index (κ3) is 3.07. The molecule has 6 heteroatoms. The Labute approximate surface area is 162 Å². The van der Waals surface area contributed by atoms with E-state index in [1.54, 1.807) is 7.11 Å². The summed E-state index contributed by atoms with van der Waals surface area (Å²) in [6, 6.07) is 13.5. The van der Waals surface area contributed by atoms with Crippen LogP contribution in [0.5, 0.6) is 5.75 Å². The van der Waals surface area contributed by atoms with Gasteiger partial charge in [-0.1, -0.05) is 24.3 Å². The topological polar surface area (TPSA) is 63.4 Å². The molecule has 0 fully saturated rings. The number of carbonyl (C=O) groups excluding carboxylic acids is 1. The van der Waals surface area contributed by atoms with Gasteiger partial charge in [-0.15, -0.1) is 11.6 Å². The van der Waals surface area contributed by atoms with Crippen LogP contribution in [0.1, 0.15) is 28.4 Å². The molecular weight excluding hydrogens is 364 g/mol. The Morgan fingerprint density at radius 2 is 2.04 bits per heavy atom. The van der Waals surface area contributed by atoms with Crippen molar-refractivity contribution in [1.82, 2.24) is 10.3 Å². The summed E-state index contributed by atoms with van der Waals surface area (Å²) in [6.45, 7) is 0. The molecule has 0 bridgehead atoms. The highest BCUT2D eigenvalue weighted by Gasteiger charge is 2.34. The van der Waals surface area contributed by atoms with Crippen LogP contribution < -0.4 is 10.1 Å². The lowest BCUT2D eigenvalue weighted by molar-refractivity contribution is -0.143. The van der Waals surface area contributed by atoms with E-state index in [2.05, 4.69) is 22.4 Å². The fraction of sp³-hybridized carbons (Fsp3) is 0.286. The van der Waals surface area contributed by atoms with Crippen molar-refractivity contribution in [3.63, 3.8) is 0 Å². The van der Waals surface area contributed by atoms with Gasteiger partial charge in [-0.3, -0.25) is 10.1 Å². The Morgan fingerprint density at radius 3 is 2.78 bits per heavy atom. The average molecular weight is 385 g/mol. The molecule has 0 aliphatic carbocycles. The standard InChI is InChI=1S/C21H21ClN2O3/c1-26-18-8-7-12(9-13(18)11-22)19-20-15(10-17(24-19)21(25)27-2)14-5-3-4-6-16(14)23-20/h3-9,17,19,23-24H,10-11H2,1-2H3/t17-,19?/m0/s1. The zero-order valence-corrected chi connectivity index (χ0v) is 16.0. The molecule has 2 N–H and O–H groups in total. The van der Waals surface area contributed by atoms with Gasteiger partial charge in [-0.25, -0.2) is 0 Å². The highest BCUT2D eigenvalue weighted by Crippen LogP contribution is 2.36. The summed E-state index contributed by atoms with van der Waals surface area (Å²) in [5.41, 5.74) is 5.21. The molecule has 5 nitrogen and oxygen atoms in total. The third-order valence-electron chi connectivity index (χ3n) is 5.18. The number of methoxy groups -OCH3 is 2. The molecule has 0 saturated carbocycles. The number of nitrogens with one attached hydrogen (secondary N) is 2. The molecule has 3 aromatic rings. The Morgan fingerprint density at radius 1 is 1.22 bits per heavy atom. The van der Waals surface area contributed by atoms with Crippen LogP contribution >= 0.6 is 11.6 Å². The van der Waals surface area contributed by atoms with Crippen LogP contribution in [-0.4, -0.2) is 31.2 Å². The highest BCUT2D eigenvalue weighted by molar-refractivity contribution is 6.17. The van der Waals surface area contributed by atoms with Gasteiger partial charge in [-0.2, -0.15) is 0 Å². The van der Waals surface area contributed by atoms with E-state index in [-0.39, 0.29) is 12.0 Å². The molecule has 2 aromatic carbocycles. The minimum Gasteiger partial charge on any atom is -0.496 e. The van der Waals surface area contributed by atoms with E-state index in [0.29, 0.717) is 12.3 Å². The Hall–Kier alpha value is -2.50. The summed E-state index contributed by atoms with van der Waals surface area (Å²) < 4.78 is 10.4. The lowest BCUT2D eigenvalue weighted by Gasteiger charge is -2.30. The van der Waals surface area contributed by atoms with Crippen LogP contribution in [-0.2, 0) is 21.8 Å². The lowest BCUT2D eigenvalue weighted by atomic mass is 9.89. The molecular formula is C21H21ClN2O3. The maximum absolute atomic E-state index is 12.3. The van der Waals surface area contributed by atoms with Gasteiger partial charge in [0.2, 0.25) is 0 Å². The van der Waals surface area contributed by atoms with Crippen molar-refractivity contribution < 1.29 is 14.3 Å². The monoisotopic (exact) mass is 384 g/mol. The molecule has 1 aliphatic heterocycles. The number of halogens is 1. The second-order valence-corrected chi connectivity index (χ2v) is 6.91. The van der Waals surface area contributed by atoms with Crippen LogP contribution in [0, 0.1) is 0 Å². The van der Waals surface area contributed by atoms with Crippen LogP contribution in [0.2, 0.25) is 0 Å². The number of para-hydroxylation sites is 1. The third-order valence-corrected chi connectivity index (χ3v) is 5.47. The van der Waals surface area contributed by atoms with Crippen LogP contribution in [0.25, 0.3) is 10.9 Å². The lowest BCUT2D eigenvalue weighted by Crippen LogP contribution is -2.45. The van der Waals surface area contributed by atoms with Crippen LogP contribution in [0.3, 0.4) is 0 Å². The number of H-pyrrole nitrogens is 1. The fourth-order valence-corrected chi connectivity index (χ4v) is 4.08. The molecule has 0 saturated heterocycles. The van der Waals surface area contributed by atoms with E-state index >= 15 is 0 Å². The number of hydrogen-bond donors (Lipinski definition) is 2. The van der Waals surface area contributed by atoms with Crippen molar-refractivity contribution in [3.8, 4) is 5.75 Å². The van der Waals surface area contributed by atoms with Crippen LogP contribution in [0.15, 0.2) is 42.5 Å². The van der Waals surface area contributed by atoms with Crippen molar-refractivity contribution in [2.45, 2.75) is 24.4 Å². The van der Waals surface area contributed by atoms with E-state index < -0.39 is 6.04 Å². The summed E-state index contributed by atoms with van der Waals surface area (Å²) in [6.07, 6.45) is 0.584. The Kier molecular flexibility index (Phi) is 4.81. The van der Waals surface area contributed by atoms with Gasteiger partial charge in [0.05, 0.1) is 26.1 Å². The quantitative estimate of drug-likeness (QED) is 0.532. The van der Waals surface area contributed by atoms with E-state index in [4.69, 9.17) is 21.1 Å². The first-order valence-corrected chi connectivity index (χ1v) is 9.35. The maximum Gasteiger partial charge on any atom is 0.323 e. The number of rotatable bonds is 4. The molecule has 0 amide bonds. The first-order valence-electron chi connectivity index (χ1n) is 8.82. The van der Waals surface area contributed by atoms with Crippen molar-refractivity contribution in [2.24, 2.45) is 0 Å². The predicted molar refractivity (Wildman–Crippen MR) is 105 cm³/mol. The number of alkyl halides is 1. The Bertz CT molecular complexity index is 998. The minimum atomic E-state index is -0.409. The number of benzene rings is 2. The zero-order valence-electron chi connectivity index (χ0n) is 15.2. The summed E-state index contributed by atoms with van der Waals surface area (Å²) in [7, 11) is 3.05. The van der Waals surface area contributed by atoms with Gasteiger partial charge in [0.1, 0.15) is 11.8 Å². The van der Waals surface area contributed by atoms with Gasteiger partial charge in [0.15, 0.2) is 0 Å². The number of ether oxygens (including phenoxy) is 2. The molecule has 2 atom stereocenters. The molecule has 1 aromatic heterocycles. The fourth-order valence-electron chi connectivity index (χ4n) is 3.87. The van der Waals surface area contributed by atoms with Gasteiger partial charge in [0.25, 0.3) is 0 Å². The number of esters is 1. The molecule has 0 radical (unpaired) electrons. The summed E-state index contributed by atoms with van der Waals surface area (Å²) in [4.78, 5) is 15.8. The molecule has 2 heterocycles. The molecule has 1 unspecified atom stereocenters. The van der Waals surface area contributed by atoms with Gasteiger partial charge in [-0.05, 0) is 29.3 Å². The number of carbonyl (C=O) groups is 1. The Balaban J connectivity index is 1.86. The van der Waals surface area contributed by atoms with Crippen molar-refractivity contribution in [1.29, 1.82) is 0 Å². The SMILES string of the molecule is COC(=O)[C@@H]1Cc2c([nH]c3ccccc23)C(c2ccc(OC)c(CCl)c2)N1. The number of fused-ring (bicyclic) bond motifs is 3. The number of aromatic nitrogens is 1. The maximum atomic E-state index is 12.3. The predicted octanol–water partition coefficient (Wildman–Crippen LogP) is 3.69. The number of aromatic amines is 1. The van der Waals surface area contributed by atoms with Gasteiger partial charge in [0, 0.05) is 28.6 Å². The first kappa shape index (κ1) is 17.9. The highest BCUT2D eigenvalue weighted by atomic mass is 35.5. The number of hydrogen-bond acceptors (Lipinski definition) is 4. The molecule has 4 rings (SSSR count). The molecule has 27 heavy (non-hydrogen) atoms. The summed E-state index contributed by atoms with van der Waals surface area (Å²) in [5.74, 6) is 0.844. The van der Waals surface area contributed by atoms with E-state index in [0.717, 1.165) is 39.0 Å².